The Labute approximate surface area is 857 Å². The Morgan fingerprint density at radius 1 is 0.226 bits per heavy atom. The molecule has 20 rings (SSSR count). The van der Waals surface area contributed by atoms with E-state index in [9.17, 15) is 88.0 Å². The standard InChI is InChI=1S/4C18H15S.C14H18F2O5S.C9H12F2O5S.C8H12F2O5S.C7H10F2O5S/c4*1-4-10-16(11-5-1)19(17-12-6-2-7-13-17)18-14-8-3-9-15-18;15-14(16,22(18,19)20)13(17)21-10-5-8-4-9(10)12-7-2-1-6(3-7)11(8)12;10-9(11,17(13,14)15)8(12)16-7-4-5-1-2-6(7)3-5;9-8(10,16(12,13)14)7(11)15-6-4-2-1-3-5-6;8-7(9,15(11,12)13)6(10)14-5-3-1-2-4-5/h4*1-15H;6-12H,1-5H2,(H,18,19,20);5-7H,1-4H2,(H,13,14,15);6H,1-5H2,(H,12,13,14);5H,1-4H2,(H,11,12,13)/q4*+1;;;;. The largest absolute Gasteiger partial charge is 0.465 e. The molecule has 8 fully saturated rings. The summed E-state index contributed by atoms with van der Waals surface area (Å²) in [6.45, 7) is 0. The lowest BCUT2D eigenvalue weighted by Gasteiger charge is -2.38. The Morgan fingerprint density at radius 2 is 0.432 bits per heavy atom. The molecule has 146 heavy (non-hydrogen) atoms. The molecule has 8 aliphatic rings. The normalized spacial score (nSPS) is 20.4. The van der Waals surface area contributed by atoms with E-state index >= 15 is 0 Å². The molecule has 36 heteroatoms. The molecule has 10 unspecified atom stereocenters. The minimum atomic E-state index is -5.79. The van der Waals surface area contributed by atoms with Crippen LogP contribution in [-0.2, 0) is 122 Å². The highest BCUT2D eigenvalue weighted by Gasteiger charge is 2.65. The van der Waals surface area contributed by atoms with Gasteiger partial charge < -0.3 is 18.9 Å². The third kappa shape index (κ3) is 29.1. The number of rotatable bonds is 24. The van der Waals surface area contributed by atoms with Gasteiger partial charge in [-0.25, -0.2) is 19.2 Å². The van der Waals surface area contributed by atoms with E-state index in [0.29, 0.717) is 68.1 Å². The Bertz CT molecular complexity index is 5800. The first-order chi connectivity index (χ1) is 69.7. The summed E-state index contributed by atoms with van der Waals surface area (Å²) in [5.41, 5.74) is 0. The number of halogens is 8. The summed E-state index contributed by atoms with van der Waals surface area (Å²) in [6, 6.07) is 129. The monoisotopic (exact) mass is 2160 g/mol. The van der Waals surface area contributed by atoms with E-state index in [-0.39, 0.29) is 55.4 Å². The number of hydrogen-bond acceptors (Lipinski definition) is 16. The van der Waals surface area contributed by atoms with Gasteiger partial charge in [0.15, 0.2) is 58.7 Å². The maximum absolute atomic E-state index is 13.3. The highest BCUT2D eigenvalue weighted by Crippen LogP contribution is 2.68. The van der Waals surface area contributed by atoms with Gasteiger partial charge in [-0.1, -0.05) is 225 Å². The number of fused-ring (bicyclic) bond motifs is 11. The number of carbonyl (C=O) groups is 4. The third-order valence-corrected chi connectivity index (χ3v) is 38.4. The predicted molar refractivity (Wildman–Crippen MR) is 542 cm³/mol. The van der Waals surface area contributed by atoms with Crippen molar-refractivity contribution >= 4 is 108 Å². The van der Waals surface area contributed by atoms with Crippen LogP contribution in [-0.4, -0.2) is 121 Å². The molecule has 4 N–H and O–H groups in total. The molecular weight excluding hydrogens is 2050 g/mol. The zero-order chi connectivity index (χ0) is 104. The number of esters is 4. The zero-order valence-electron chi connectivity index (χ0n) is 78.9. The van der Waals surface area contributed by atoms with Gasteiger partial charge in [0.2, 0.25) is 0 Å². The van der Waals surface area contributed by atoms with Crippen molar-refractivity contribution in [3.05, 3.63) is 364 Å². The molecule has 0 amide bonds. The van der Waals surface area contributed by atoms with Gasteiger partial charge in [0.25, 0.3) is 0 Å². The fourth-order valence-electron chi connectivity index (χ4n) is 19.7. The van der Waals surface area contributed by atoms with Crippen molar-refractivity contribution in [2.24, 2.45) is 47.3 Å². The molecule has 20 nitrogen and oxygen atoms in total. The van der Waals surface area contributed by atoms with E-state index in [0.717, 1.165) is 70.1 Å². The second-order valence-corrected chi connectivity index (χ2v) is 49.8. The topological polar surface area (TPSA) is 323 Å². The van der Waals surface area contributed by atoms with Gasteiger partial charge in [-0.15, -0.1) is 0 Å². The fourth-order valence-corrected chi connectivity index (χ4v) is 29.2. The maximum Gasteiger partial charge on any atom is 0.465 e. The predicted octanol–water partition coefficient (Wildman–Crippen LogP) is 24.7. The van der Waals surface area contributed by atoms with Crippen LogP contribution >= 0.6 is 0 Å². The molecule has 12 aromatic carbocycles. The number of ether oxygens (including phenoxy) is 4. The van der Waals surface area contributed by atoms with Gasteiger partial charge in [-0.2, -0.15) is 68.8 Å². The van der Waals surface area contributed by atoms with Crippen molar-refractivity contribution in [2.45, 2.75) is 220 Å². The van der Waals surface area contributed by atoms with Crippen molar-refractivity contribution in [1.82, 2.24) is 0 Å². The molecule has 10 atom stereocenters. The molecule has 0 spiro atoms. The van der Waals surface area contributed by atoms with E-state index in [1.54, 1.807) is 0 Å². The Morgan fingerprint density at radius 3 is 0.644 bits per heavy atom. The van der Waals surface area contributed by atoms with Gasteiger partial charge in [0.05, 0.1) is 43.6 Å². The van der Waals surface area contributed by atoms with Gasteiger partial charge in [-0.3, -0.25) is 18.2 Å². The molecule has 0 saturated heterocycles. The molecule has 0 radical (unpaired) electrons. The molecule has 0 heterocycles. The number of benzene rings is 12. The number of carbonyl (C=O) groups excluding carboxylic acids is 4. The van der Waals surface area contributed by atoms with Crippen molar-refractivity contribution in [3.8, 4) is 0 Å². The molecule has 6 bridgehead atoms. The lowest BCUT2D eigenvalue weighted by Crippen LogP contribution is -2.44. The minimum Gasteiger partial charge on any atom is -0.457 e. The van der Waals surface area contributed by atoms with E-state index < -0.39 is 110 Å². The molecule has 8 saturated carbocycles. The Balaban J connectivity index is 0.000000140. The molecule has 0 aromatic heterocycles. The SMILES string of the molecule is O=C(OC1CC2CC1C1C3CCC(C3)C21)C(F)(F)S(=O)(=O)O.O=C(OC1CC2CCC1C2)C(F)(F)S(=O)(=O)O.O=C(OC1CCCC1)C(F)(F)S(=O)(=O)O.O=C(OC1CCCCC1)C(F)(F)S(=O)(=O)O.c1ccc([S+](c2ccccc2)c2ccccc2)cc1.c1ccc([S+](c2ccccc2)c2ccccc2)cc1.c1ccc([S+](c2ccccc2)c2ccccc2)cc1.c1ccc([S+](c2ccccc2)c2ccccc2)cc1. The van der Waals surface area contributed by atoms with Crippen LogP contribution in [0.15, 0.2) is 423 Å². The van der Waals surface area contributed by atoms with E-state index in [1.165, 1.54) is 71.6 Å². The summed E-state index contributed by atoms with van der Waals surface area (Å²) >= 11 is 0. The van der Waals surface area contributed by atoms with Crippen LogP contribution in [0.3, 0.4) is 0 Å². The quantitative estimate of drug-likeness (QED) is 0.0109. The van der Waals surface area contributed by atoms with Crippen molar-refractivity contribution in [1.29, 1.82) is 0 Å². The first-order valence-electron chi connectivity index (χ1n) is 47.5. The van der Waals surface area contributed by atoms with Crippen LogP contribution in [0, 0.1) is 47.3 Å². The average Bonchev–Trinajstić information content (AvgIpc) is 1.55. The first kappa shape index (κ1) is 112. The first-order valence-corrected chi connectivity index (χ1v) is 58.2. The van der Waals surface area contributed by atoms with Crippen molar-refractivity contribution < 1.29 is 125 Å². The highest BCUT2D eigenvalue weighted by atomic mass is 32.2. The van der Waals surface area contributed by atoms with Gasteiger partial charge >= 0.3 is 85.4 Å². The Kier molecular flexibility index (Phi) is 39.4. The summed E-state index contributed by atoms with van der Waals surface area (Å²) in [4.78, 5) is 60.5. The number of hydrogen-bond donors (Lipinski definition) is 4. The van der Waals surface area contributed by atoms with Crippen LogP contribution in [0.4, 0.5) is 35.1 Å². The zero-order valence-corrected chi connectivity index (χ0v) is 85.4. The summed E-state index contributed by atoms with van der Waals surface area (Å²) in [7, 11) is -23.1. The van der Waals surface area contributed by atoms with Crippen LogP contribution in [0.1, 0.15) is 116 Å². The fraction of sp³-hybridized carbons (Fsp3) is 0.309. The lowest BCUT2D eigenvalue weighted by molar-refractivity contribution is -0.172. The van der Waals surface area contributed by atoms with Crippen LogP contribution < -0.4 is 0 Å². The number of alkyl halides is 8. The second-order valence-electron chi connectivity index (χ2n) is 35.9. The molecule has 0 aliphatic heterocycles. The molecule has 12 aromatic rings. The Hall–Kier alpha value is -11.0. The van der Waals surface area contributed by atoms with Gasteiger partial charge in [0.1, 0.15) is 24.4 Å². The molecular formula is C110H112F8O20S8+4. The lowest BCUT2D eigenvalue weighted by atomic mass is 9.70. The summed E-state index contributed by atoms with van der Waals surface area (Å²) in [6.07, 6.45) is 11.2. The van der Waals surface area contributed by atoms with Crippen LogP contribution in [0.5, 0.6) is 0 Å². The van der Waals surface area contributed by atoms with Crippen molar-refractivity contribution in [2.75, 3.05) is 0 Å². The van der Waals surface area contributed by atoms with E-state index in [1.807, 2.05) is 0 Å². The van der Waals surface area contributed by atoms with Crippen LogP contribution in [0.25, 0.3) is 0 Å². The van der Waals surface area contributed by atoms with Gasteiger partial charge in [0, 0.05) is 0 Å². The summed E-state index contributed by atoms with van der Waals surface area (Å²) < 4.78 is 237. The highest BCUT2D eigenvalue weighted by molar-refractivity contribution is 7.98. The minimum absolute atomic E-state index is 0.0146. The van der Waals surface area contributed by atoms with Crippen molar-refractivity contribution in [3.63, 3.8) is 0 Å². The summed E-state index contributed by atoms with van der Waals surface area (Å²) in [5.74, 6) is -5.43. The second kappa shape index (κ2) is 51.3. The van der Waals surface area contributed by atoms with E-state index in [2.05, 4.69) is 378 Å². The van der Waals surface area contributed by atoms with Gasteiger partial charge in [-0.05, 0) is 302 Å². The van der Waals surface area contributed by atoms with Crippen LogP contribution in [0.2, 0.25) is 0 Å². The summed E-state index contributed by atoms with van der Waals surface area (Å²) in [5, 5.41) is -19.5. The maximum atomic E-state index is 13.3. The molecule has 772 valence electrons. The third-order valence-electron chi connectivity index (χ3n) is 26.3. The van der Waals surface area contributed by atoms with E-state index in [4.69, 9.17) is 22.9 Å². The molecule has 8 aliphatic carbocycles. The average molecular weight is 2160 g/mol. The smallest absolute Gasteiger partial charge is 0.457 e.